The molecular weight excluding hydrogens is 532 g/mol. The van der Waals surface area contributed by atoms with Gasteiger partial charge < -0.3 is 43.0 Å². The minimum absolute atomic E-state index is 0.127. The zero-order valence-corrected chi connectivity index (χ0v) is 23.2. The highest BCUT2D eigenvalue weighted by Gasteiger charge is 2.55. The van der Waals surface area contributed by atoms with Crippen LogP contribution < -0.4 is 0 Å². The predicted octanol–water partition coefficient (Wildman–Crippen LogP) is 1.17. The first kappa shape index (κ1) is 31.4. The third-order valence-corrected chi connectivity index (χ3v) is 6.26. The average molecular weight is 569 g/mol. The van der Waals surface area contributed by atoms with Gasteiger partial charge >= 0.3 is 23.9 Å². The summed E-state index contributed by atoms with van der Waals surface area (Å²) in [5, 5.41) is 10.7. The molecule has 0 bridgehead atoms. The maximum atomic E-state index is 12.1. The van der Waals surface area contributed by atoms with E-state index in [0.717, 1.165) is 26.3 Å². The molecule has 0 spiro atoms. The van der Waals surface area contributed by atoms with Crippen LogP contribution in [0, 0.1) is 0 Å². The summed E-state index contributed by atoms with van der Waals surface area (Å²) in [6, 6.07) is 9.24. The molecule has 0 saturated carbocycles. The van der Waals surface area contributed by atoms with E-state index in [0.29, 0.717) is 0 Å². The largest absolute Gasteiger partial charge is 0.456 e. The summed E-state index contributed by atoms with van der Waals surface area (Å²) in [6.07, 6.45) is -12.0. The fourth-order valence-corrected chi connectivity index (χ4v) is 4.69. The van der Waals surface area contributed by atoms with Gasteiger partial charge in [-0.25, -0.2) is 0 Å². The molecule has 3 rings (SSSR count). The van der Waals surface area contributed by atoms with Crippen LogP contribution >= 0.6 is 0 Å². The molecule has 0 amide bonds. The molecule has 1 N–H and O–H groups in total. The Labute approximate surface area is 231 Å². The highest BCUT2D eigenvalue weighted by atomic mass is 16.8. The molecule has 40 heavy (non-hydrogen) atoms. The van der Waals surface area contributed by atoms with Crippen LogP contribution in [-0.2, 0) is 63.7 Å². The third kappa shape index (κ3) is 8.21. The van der Waals surface area contributed by atoms with Gasteiger partial charge in [0.15, 0.2) is 37.0 Å². The minimum atomic E-state index is -1.59. The smallest absolute Gasteiger partial charge is 0.303 e. The molecule has 2 saturated heterocycles. The van der Waals surface area contributed by atoms with E-state index in [1.54, 1.807) is 13.8 Å². The number of aliphatic hydroxyl groups is 1. The number of carbonyl (C=O) groups excluding carboxylic acids is 4. The van der Waals surface area contributed by atoms with Gasteiger partial charge in [0.25, 0.3) is 0 Å². The van der Waals surface area contributed by atoms with E-state index in [-0.39, 0.29) is 6.61 Å². The number of ether oxygens (including phenoxy) is 8. The molecule has 0 radical (unpaired) electrons. The Bertz CT molecular complexity index is 1030. The standard InChI is InChI=1S/C27H36O13/c1-13-20(33-12-19-10-8-7-9-11-19)22(24(26(32)34-13)38-17(5)30)40-27-25(39-18(6)31)23(37-16(4)29)21(14(2)35-27)36-15(3)28/h7-11,13-14,20-27,32H,12H2,1-6H3/t13?,14?,20-,21-,22?,23?,24-,25-,26+,27-/m0/s1. The Kier molecular flexibility index (Phi) is 11.0. The van der Waals surface area contributed by atoms with E-state index in [1.165, 1.54) is 6.92 Å². The summed E-state index contributed by atoms with van der Waals surface area (Å²) in [4.78, 5) is 47.8. The number of aliphatic hydroxyl groups excluding tert-OH is 1. The van der Waals surface area contributed by atoms with Crippen molar-refractivity contribution < 1.29 is 62.2 Å². The monoisotopic (exact) mass is 568 g/mol. The lowest BCUT2D eigenvalue weighted by Gasteiger charge is -2.48. The minimum Gasteiger partial charge on any atom is -0.456 e. The van der Waals surface area contributed by atoms with E-state index in [9.17, 15) is 24.3 Å². The molecule has 222 valence electrons. The summed E-state index contributed by atoms with van der Waals surface area (Å²) >= 11 is 0. The van der Waals surface area contributed by atoms with E-state index in [1.807, 2.05) is 30.3 Å². The maximum absolute atomic E-state index is 12.1. The summed E-state index contributed by atoms with van der Waals surface area (Å²) in [5.74, 6) is -2.89. The van der Waals surface area contributed by atoms with E-state index in [2.05, 4.69) is 0 Å². The molecule has 2 fully saturated rings. The number of hydrogen-bond donors (Lipinski definition) is 1. The van der Waals surface area contributed by atoms with E-state index < -0.39 is 85.3 Å². The van der Waals surface area contributed by atoms with Gasteiger partial charge in [0.05, 0.1) is 18.8 Å². The second kappa shape index (κ2) is 14.0. The van der Waals surface area contributed by atoms with Crippen molar-refractivity contribution in [2.24, 2.45) is 0 Å². The Morgan fingerprint density at radius 2 is 1.18 bits per heavy atom. The highest BCUT2D eigenvalue weighted by Crippen LogP contribution is 2.34. The summed E-state index contributed by atoms with van der Waals surface area (Å²) in [7, 11) is 0. The Morgan fingerprint density at radius 1 is 0.675 bits per heavy atom. The van der Waals surface area contributed by atoms with Gasteiger partial charge in [-0.2, -0.15) is 0 Å². The molecule has 13 nitrogen and oxygen atoms in total. The number of benzene rings is 1. The lowest BCUT2D eigenvalue weighted by Crippen LogP contribution is -2.65. The number of carbonyl (C=O) groups is 4. The molecule has 1 aromatic carbocycles. The molecule has 2 aliphatic heterocycles. The van der Waals surface area contributed by atoms with Crippen LogP contribution in [0.4, 0.5) is 0 Å². The Morgan fingerprint density at radius 3 is 1.75 bits per heavy atom. The van der Waals surface area contributed by atoms with Crippen molar-refractivity contribution in [2.75, 3.05) is 0 Å². The lowest BCUT2D eigenvalue weighted by molar-refractivity contribution is -0.355. The molecule has 0 aliphatic carbocycles. The highest BCUT2D eigenvalue weighted by molar-refractivity contribution is 5.68. The van der Waals surface area contributed by atoms with Gasteiger partial charge in [-0.3, -0.25) is 19.2 Å². The van der Waals surface area contributed by atoms with Gasteiger partial charge in [-0.1, -0.05) is 30.3 Å². The van der Waals surface area contributed by atoms with Crippen molar-refractivity contribution in [1.29, 1.82) is 0 Å². The van der Waals surface area contributed by atoms with Crippen LogP contribution in [0.25, 0.3) is 0 Å². The SMILES string of the molecule is CC(=O)OC1[C@@H](OC(C)=O)C(C)O[C@@H](OC2[C@@H](OCc3ccccc3)C(C)O[C@@H](O)[C@H]2OC(C)=O)[C@H]1OC(C)=O. The first-order chi connectivity index (χ1) is 18.9. The fraction of sp³-hybridized carbons (Fsp3) is 0.630. The summed E-state index contributed by atoms with van der Waals surface area (Å²) < 4.78 is 45.5. The molecule has 2 heterocycles. The molecule has 0 aromatic heterocycles. The van der Waals surface area contributed by atoms with Crippen LogP contribution in [0.15, 0.2) is 30.3 Å². The van der Waals surface area contributed by atoms with Gasteiger partial charge in [-0.05, 0) is 19.4 Å². The normalized spacial score (nSPS) is 33.9. The first-order valence-corrected chi connectivity index (χ1v) is 12.9. The summed E-state index contributed by atoms with van der Waals surface area (Å²) in [6.45, 7) is 7.93. The van der Waals surface area contributed by atoms with Crippen LogP contribution in [0.2, 0.25) is 0 Å². The fourth-order valence-electron chi connectivity index (χ4n) is 4.69. The van der Waals surface area contributed by atoms with Crippen LogP contribution in [-0.4, -0.2) is 90.4 Å². The number of esters is 4. The number of hydrogen-bond acceptors (Lipinski definition) is 13. The van der Waals surface area contributed by atoms with Crippen molar-refractivity contribution in [3.05, 3.63) is 35.9 Å². The molecule has 10 atom stereocenters. The van der Waals surface area contributed by atoms with Crippen molar-refractivity contribution >= 4 is 23.9 Å². The zero-order chi connectivity index (χ0) is 29.6. The van der Waals surface area contributed by atoms with Crippen LogP contribution in [0.3, 0.4) is 0 Å². The molecular formula is C27H36O13. The van der Waals surface area contributed by atoms with Crippen molar-refractivity contribution in [2.45, 2.75) is 110 Å². The van der Waals surface area contributed by atoms with Crippen molar-refractivity contribution in [3.8, 4) is 0 Å². The Balaban J connectivity index is 1.98. The van der Waals surface area contributed by atoms with Crippen molar-refractivity contribution in [3.63, 3.8) is 0 Å². The molecule has 13 heteroatoms. The first-order valence-electron chi connectivity index (χ1n) is 12.9. The second-order valence-corrected chi connectivity index (χ2v) is 9.60. The molecule has 2 aliphatic rings. The van der Waals surface area contributed by atoms with E-state index >= 15 is 0 Å². The Hall–Kier alpha value is -3.10. The summed E-state index contributed by atoms with van der Waals surface area (Å²) in [5.41, 5.74) is 0.836. The van der Waals surface area contributed by atoms with E-state index in [4.69, 9.17) is 37.9 Å². The molecule has 4 unspecified atom stereocenters. The van der Waals surface area contributed by atoms with Gasteiger partial charge in [0, 0.05) is 27.7 Å². The molecule has 1 aromatic rings. The predicted molar refractivity (Wildman–Crippen MR) is 133 cm³/mol. The van der Waals surface area contributed by atoms with Gasteiger partial charge in [-0.15, -0.1) is 0 Å². The van der Waals surface area contributed by atoms with Gasteiger partial charge in [0.1, 0.15) is 12.2 Å². The van der Waals surface area contributed by atoms with Crippen LogP contribution in [0.5, 0.6) is 0 Å². The zero-order valence-electron chi connectivity index (χ0n) is 23.2. The average Bonchev–Trinajstić information content (AvgIpc) is 2.85. The quantitative estimate of drug-likeness (QED) is 0.334. The topological polar surface area (TPSA) is 162 Å². The lowest BCUT2D eigenvalue weighted by atomic mass is 9.96. The van der Waals surface area contributed by atoms with Crippen LogP contribution in [0.1, 0.15) is 47.1 Å². The van der Waals surface area contributed by atoms with Gasteiger partial charge in [0.2, 0.25) is 0 Å². The second-order valence-electron chi connectivity index (χ2n) is 9.60. The maximum Gasteiger partial charge on any atom is 0.303 e. The third-order valence-electron chi connectivity index (χ3n) is 6.26. The number of rotatable bonds is 9. The van der Waals surface area contributed by atoms with Crippen molar-refractivity contribution in [1.82, 2.24) is 0 Å².